The second-order valence-corrected chi connectivity index (χ2v) is 5.35. The molecule has 3 aromatic rings. The molecule has 0 radical (unpaired) electrons. The van der Waals surface area contributed by atoms with Gasteiger partial charge >= 0.3 is 0 Å². The molecule has 0 saturated carbocycles. The Labute approximate surface area is 135 Å². The first kappa shape index (κ1) is 15.0. The van der Waals surface area contributed by atoms with Crippen LogP contribution in [-0.4, -0.2) is 26.3 Å². The van der Waals surface area contributed by atoms with Gasteiger partial charge in [-0.25, -0.2) is 14.6 Å². The Hall–Kier alpha value is -2.89. The molecule has 2 aromatic heterocycles. The van der Waals surface area contributed by atoms with Gasteiger partial charge in [-0.15, -0.1) is 0 Å². The van der Waals surface area contributed by atoms with E-state index in [-0.39, 0.29) is 0 Å². The number of aryl methyl sites for hydroxylation is 2. The standard InChI is InChI=1S/C17H20N6/c1-4-22(14-8-6-5-7-9-14)16-15(18)17(20-11-19-16)23-13(3)10-12(2)21-23/h5-11H,4,18H2,1-3H3. The predicted molar refractivity (Wildman–Crippen MR) is 92.2 cm³/mol. The topological polar surface area (TPSA) is 72.9 Å². The van der Waals surface area contributed by atoms with E-state index in [2.05, 4.69) is 26.9 Å². The van der Waals surface area contributed by atoms with E-state index in [1.807, 2.05) is 50.2 Å². The van der Waals surface area contributed by atoms with Gasteiger partial charge in [-0.1, -0.05) is 18.2 Å². The average molecular weight is 308 g/mol. The normalized spacial score (nSPS) is 10.7. The Morgan fingerprint density at radius 2 is 1.87 bits per heavy atom. The molecular weight excluding hydrogens is 288 g/mol. The van der Waals surface area contributed by atoms with Gasteiger partial charge < -0.3 is 10.6 Å². The van der Waals surface area contributed by atoms with E-state index in [9.17, 15) is 0 Å². The average Bonchev–Trinajstić information content (AvgIpc) is 2.89. The van der Waals surface area contributed by atoms with Crippen LogP contribution in [0.4, 0.5) is 17.2 Å². The van der Waals surface area contributed by atoms with Crippen molar-refractivity contribution in [1.82, 2.24) is 19.7 Å². The number of benzene rings is 1. The minimum atomic E-state index is 0.518. The van der Waals surface area contributed by atoms with E-state index in [0.717, 1.165) is 23.6 Å². The molecule has 1 aromatic carbocycles. The number of nitrogen functional groups attached to an aromatic ring is 1. The molecule has 0 unspecified atom stereocenters. The molecule has 0 aliphatic carbocycles. The molecule has 3 rings (SSSR count). The summed E-state index contributed by atoms with van der Waals surface area (Å²) in [4.78, 5) is 10.8. The van der Waals surface area contributed by atoms with E-state index in [4.69, 9.17) is 5.73 Å². The largest absolute Gasteiger partial charge is 0.393 e. The fraction of sp³-hybridized carbons (Fsp3) is 0.235. The van der Waals surface area contributed by atoms with E-state index >= 15 is 0 Å². The number of hydrogen-bond donors (Lipinski definition) is 1. The lowest BCUT2D eigenvalue weighted by molar-refractivity contribution is 0.801. The molecule has 0 aliphatic heterocycles. The fourth-order valence-corrected chi connectivity index (χ4v) is 2.67. The van der Waals surface area contributed by atoms with Crippen LogP contribution in [0.15, 0.2) is 42.7 Å². The van der Waals surface area contributed by atoms with Crippen LogP contribution in [0.5, 0.6) is 0 Å². The van der Waals surface area contributed by atoms with Gasteiger partial charge in [0.1, 0.15) is 12.0 Å². The first-order valence-corrected chi connectivity index (χ1v) is 7.58. The van der Waals surface area contributed by atoms with Crippen molar-refractivity contribution in [3.05, 3.63) is 54.1 Å². The van der Waals surface area contributed by atoms with Gasteiger partial charge in [-0.2, -0.15) is 5.10 Å². The van der Waals surface area contributed by atoms with Crippen molar-refractivity contribution in [2.75, 3.05) is 17.2 Å². The summed E-state index contributed by atoms with van der Waals surface area (Å²) in [6, 6.07) is 12.1. The summed E-state index contributed by atoms with van der Waals surface area (Å²) in [6.07, 6.45) is 1.53. The van der Waals surface area contributed by atoms with Crippen molar-refractivity contribution in [2.45, 2.75) is 20.8 Å². The number of para-hydroxylation sites is 1. The lowest BCUT2D eigenvalue weighted by atomic mass is 10.2. The monoisotopic (exact) mass is 308 g/mol. The summed E-state index contributed by atoms with van der Waals surface area (Å²) in [5, 5.41) is 4.47. The molecule has 2 N–H and O–H groups in total. The molecule has 0 atom stereocenters. The molecule has 6 heteroatoms. The van der Waals surface area contributed by atoms with Crippen LogP contribution in [0.2, 0.25) is 0 Å². The van der Waals surface area contributed by atoms with Gasteiger partial charge in [0, 0.05) is 17.9 Å². The molecule has 6 nitrogen and oxygen atoms in total. The number of nitrogens with zero attached hydrogens (tertiary/aromatic N) is 5. The third-order valence-corrected chi connectivity index (χ3v) is 3.69. The lowest BCUT2D eigenvalue weighted by Gasteiger charge is -2.24. The third-order valence-electron chi connectivity index (χ3n) is 3.69. The summed E-state index contributed by atoms with van der Waals surface area (Å²) < 4.78 is 1.76. The van der Waals surface area contributed by atoms with Crippen LogP contribution in [0.3, 0.4) is 0 Å². The zero-order valence-electron chi connectivity index (χ0n) is 13.6. The Kier molecular flexibility index (Phi) is 3.97. The minimum Gasteiger partial charge on any atom is -0.393 e. The molecule has 118 valence electrons. The summed E-state index contributed by atoms with van der Waals surface area (Å²) in [7, 11) is 0. The van der Waals surface area contributed by atoms with Gasteiger partial charge in [0.2, 0.25) is 0 Å². The number of rotatable bonds is 4. The fourth-order valence-electron chi connectivity index (χ4n) is 2.67. The molecule has 0 bridgehead atoms. The molecular formula is C17H20N6. The first-order chi connectivity index (χ1) is 11.1. The second-order valence-electron chi connectivity index (χ2n) is 5.35. The molecule has 0 amide bonds. The van der Waals surface area contributed by atoms with Crippen molar-refractivity contribution in [3.8, 4) is 5.82 Å². The van der Waals surface area contributed by atoms with E-state index in [1.54, 1.807) is 4.68 Å². The van der Waals surface area contributed by atoms with Crippen molar-refractivity contribution >= 4 is 17.2 Å². The van der Waals surface area contributed by atoms with Crippen molar-refractivity contribution in [1.29, 1.82) is 0 Å². The van der Waals surface area contributed by atoms with Crippen LogP contribution in [0, 0.1) is 13.8 Å². The molecule has 2 heterocycles. The lowest BCUT2D eigenvalue weighted by Crippen LogP contribution is -2.20. The maximum atomic E-state index is 6.38. The maximum Gasteiger partial charge on any atom is 0.182 e. The molecule has 23 heavy (non-hydrogen) atoms. The van der Waals surface area contributed by atoms with Crippen LogP contribution in [-0.2, 0) is 0 Å². The number of aromatic nitrogens is 4. The zero-order chi connectivity index (χ0) is 16.4. The van der Waals surface area contributed by atoms with E-state index in [1.165, 1.54) is 6.33 Å². The van der Waals surface area contributed by atoms with Gasteiger partial charge in [-0.3, -0.25) is 0 Å². The number of hydrogen-bond acceptors (Lipinski definition) is 5. The first-order valence-electron chi connectivity index (χ1n) is 7.58. The molecule has 0 saturated heterocycles. The minimum absolute atomic E-state index is 0.518. The van der Waals surface area contributed by atoms with E-state index < -0.39 is 0 Å². The Bertz CT molecular complexity index is 809. The highest BCUT2D eigenvalue weighted by molar-refractivity contribution is 5.75. The Balaban J connectivity index is 2.11. The summed E-state index contributed by atoms with van der Waals surface area (Å²) >= 11 is 0. The SMILES string of the molecule is CCN(c1ccccc1)c1ncnc(-n2nc(C)cc2C)c1N. The Morgan fingerprint density at radius 1 is 1.13 bits per heavy atom. The van der Waals surface area contributed by atoms with Crippen LogP contribution < -0.4 is 10.6 Å². The van der Waals surface area contributed by atoms with Gasteiger partial charge in [-0.05, 0) is 39.0 Å². The smallest absolute Gasteiger partial charge is 0.182 e. The third kappa shape index (κ3) is 2.75. The molecule has 0 fully saturated rings. The maximum absolute atomic E-state index is 6.38. The van der Waals surface area contributed by atoms with Crippen molar-refractivity contribution in [3.63, 3.8) is 0 Å². The van der Waals surface area contributed by atoms with Gasteiger partial charge in [0.25, 0.3) is 0 Å². The highest BCUT2D eigenvalue weighted by Crippen LogP contribution is 2.30. The van der Waals surface area contributed by atoms with Crippen LogP contribution in [0.1, 0.15) is 18.3 Å². The zero-order valence-corrected chi connectivity index (χ0v) is 13.6. The van der Waals surface area contributed by atoms with Crippen LogP contribution >= 0.6 is 0 Å². The predicted octanol–water partition coefficient (Wildman–Crippen LogP) is 3.02. The summed E-state index contributed by atoms with van der Waals surface area (Å²) in [5.74, 6) is 1.30. The number of nitrogens with two attached hydrogens (primary N) is 1. The molecule has 0 spiro atoms. The highest BCUT2D eigenvalue weighted by Gasteiger charge is 2.18. The number of anilines is 3. The molecule has 0 aliphatic rings. The Morgan fingerprint density at radius 3 is 2.48 bits per heavy atom. The second kappa shape index (κ2) is 6.08. The van der Waals surface area contributed by atoms with Crippen molar-refractivity contribution < 1.29 is 0 Å². The van der Waals surface area contributed by atoms with E-state index in [0.29, 0.717) is 17.3 Å². The van der Waals surface area contributed by atoms with Gasteiger partial charge in [0.05, 0.1) is 5.69 Å². The van der Waals surface area contributed by atoms with Crippen LogP contribution in [0.25, 0.3) is 5.82 Å². The summed E-state index contributed by atoms with van der Waals surface area (Å²) in [5.41, 5.74) is 9.85. The van der Waals surface area contributed by atoms with Crippen molar-refractivity contribution in [2.24, 2.45) is 0 Å². The quantitative estimate of drug-likeness (QED) is 0.802. The summed E-state index contributed by atoms with van der Waals surface area (Å²) in [6.45, 7) is 6.75. The highest BCUT2D eigenvalue weighted by atomic mass is 15.3. The van der Waals surface area contributed by atoms with Gasteiger partial charge in [0.15, 0.2) is 11.6 Å².